The normalized spacial score (nSPS) is 17.8. The summed E-state index contributed by atoms with van der Waals surface area (Å²) in [7, 11) is 0. The predicted octanol–water partition coefficient (Wildman–Crippen LogP) is 2.25. The molecule has 2 aliphatic rings. The van der Waals surface area contributed by atoms with Crippen LogP contribution in [0.1, 0.15) is 27.0 Å². The molecule has 1 fully saturated rings. The van der Waals surface area contributed by atoms with Crippen LogP contribution in [0.5, 0.6) is 0 Å². The van der Waals surface area contributed by atoms with E-state index in [4.69, 9.17) is 0 Å². The minimum atomic E-state index is 0.167. The molecule has 1 amide bonds. The highest BCUT2D eigenvalue weighted by atomic mass is 16.2. The maximum Gasteiger partial charge on any atom is 0.253 e. The minimum absolute atomic E-state index is 0.167. The summed E-state index contributed by atoms with van der Waals surface area (Å²) < 4.78 is 0. The largest absolute Gasteiger partial charge is 0.336 e. The van der Waals surface area contributed by atoms with Crippen LogP contribution in [-0.2, 0) is 19.6 Å². The molecule has 24 heavy (non-hydrogen) atoms. The summed E-state index contributed by atoms with van der Waals surface area (Å²) in [5.74, 6) is 0.167. The van der Waals surface area contributed by atoms with Crippen LogP contribution in [0, 0.1) is 0 Å². The smallest absolute Gasteiger partial charge is 0.253 e. The lowest BCUT2D eigenvalue weighted by Crippen LogP contribution is -2.46. The van der Waals surface area contributed by atoms with E-state index in [9.17, 15) is 4.79 Å². The quantitative estimate of drug-likeness (QED) is 0.942. The van der Waals surface area contributed by atoms with Gasteiger partial charge in [0.15, 0.2) is 0 Å². The van der Waals surface area contributed by atoms with E-state index in [0.717, 1.165) is 51.4 Å². The highest BCUT2D eigenvalue weighted by molar-refractivity contribution is 5.94. The van der Waals surface area contributed by atoms with E-state index in [1.807, 2.05) is 11.0 Å². The van der Waals surface area contributed by atoms with Crippen LogP contribution in [0.2, 0.25) is 0 Å². The van der Waals surface area contributed by atoms with Gasteiger partial charge in [0.2, 0.25) is 0 Å². The highest BCUT2D eigenvalue weighted by Crippen LogP contribution is 2.26. The first kappa shape index (κ1) is 15.4. The minimum Gasteiger partial charge on any atom is -0.336 e. The fourth-order valence-corrected chi connectivity index (χ4v) is 3.60. The lowest BCUT2D eigenvalue weighted by molar-refractivity contribution is 0.0735. The SMILES string of the molecule is O=C(c1ccc2c(c1)CN(Cc1ccccc1)C2)N1CCNCC1. The third kappa shape index (κ3) is 3.21. The fraction of sp³-hybridized carbons (Fsp3) is 0.350. The van der Waals surface area contributed by atoms with E-state index < -0.39 is 0 Å². The molecule has 1 N–H and O–H groups in total. The second-order valence-electron chi connectivity index (χ2n) is 6.66. The van der Waals surface area contributed by atoms with Gasteiger partial charge in [0.1, 0.15) is 0 Å². The molecule has 0 atom stereocenters. The van der Waals surface area contributed by atoms with Crippen molar-refractivity contribution in [2.24, 2.45) is 0 Å². The van der Waals surface area contributed by atoms with Crippen LogP contribution >= 0.6 is 0 Å². The van der Waals surface area contributed by atoms with Crippen molar-refractivity contribution in [3.8, 4) is 0 Å². The second kappa shape index (κ2) is 6.75. The third-order valence-electron chi connectivity index (χ3n) is 4.89. The molecule has 4 nitrogen and oxygen atoms in total. The number of benzene rings is 2. The van der Waals surface area contributed by atoms with Crippen molar-refractivity contribution in [3.05, 3.63) is 70.8 Å². The Morgan fingerprint density at radius 3 is 2.50 bits per heavy atom. The van der Waals surface area contributed by atoms with E-state index in [-0.39, 0.29) is 5.91 Å². The van der Waals surface area contributed by atoms with Crippen LogP contribution in [0.15, 0.2) is 48.5 Å². The Kier molecular flexibility index (Phi) is 4.32. The monoisotopic (exact) mass is 321 g/mol. The average Bonchev–Trinajstić information content (AvgIpc) is 3.04. The predicted molar refractivity (Wildman–Crippen MR) is 94.6 cm³/mol. The van der Waals surface area contributed by atoms with Crippen LogP contribution in [0.4, 0.5) is 0 Å². The van der Waals surface area contributed by atoms with Gasteiger partial charge in [-0.1, -0.05) is 36.4 Å². The summed E-state index contributed by atoms with van der Waals surface area (Å²) in [6, 6.07) is 16.8. The van der Waals surface area contributed by atoms with E-state index in [1.165, 1.54) is 16.7 Å². The van der Waals surface area contributed by atoms with E-state index in [1.54, 1.807) is 0 Å². The van der Waals surface area contributed by atoms with Crippen LogP contribution in [-0.4, -0.2) is 41.9 Å². The lowest BCUT2D eigenvalue weighted by Gasteiger charge is -2.27. The van der Waals surface area contributed by atoms with E-state index >= 15 is 0 Å². The molecule has 0 aromatic heterocycles. The molecule has 0 saturated carbocycles. The summed E-state index contributed by atoms with van der Waals surface area (Å²) in [6.45, 7) is 6.23. The number of carbonyl (C=O) groups is 1. The van der Waals surface area contributed by atoms with Gasteiger partial charge in [-0.05, 0) is 28.8 Å². The molecule has 0 radical (unpaired) electrons. The van der Waals surface area contributed by atoms with Crippen molar-refractivity contribution in [2.45, 2.75) is 19.6 Å². The third-order valence-corrected chi connectivity index (χ3v) is 4.89. The zero-order chi connectivity index (χ0) is 16.4. The van der Waals surface area contributed by atoms with E-state index in [0.29, 0.717) is 0 Å². The van der Waals surface area contributed by atoms with Gasteiger partial charge in [-0.15, -0.1) is 0 Å². The molecule has 2 aliphatic heterocycles. The highest BCUT2D eigenvalue weighted by Gasteiger charge is 2.23. The molecule has 0 unspecified atom stereocenters. The van der Waals surface area contributed by atoms with Crippen molar-refractivity contribution in [1.82, 2.24) is 15.1 Å². The van der Waals surface area contributed by atoms with Gasteiger partial charge in [0, 0.05) is 51.4 Å². The summed E-state index contributed by atoms with van der Waals surface area (Å²) in [5, 5.41) is 3.29. The lowest BCUT2D eigenvalue weighted by atomic mass is 10.1. The average molecular weight is 321 g/mol. The molecular weight excluding hydrogens is 298 g/mol. The molecule has 4 heteroatoms. The van der Waals surface area contributed by atoms with Gasteiger partial charge in [-0.25, -0.2) is 0 Å². The van der Waals surface area contributed by atoms with Crippen molar-refractivity contribution in [1.29, 1.82) is 0 Å². The van der Waals surface area contributed by atoms with Crippen molar-refractivity contribution >= 4 is 5.91 Å². The number of fused-ring (bicyclic) bond motifs is 1. The molecule has 1 saturated heterocycles. The number of nitrogens with zero attached hydrogens (tertiary/aromatic N) is 2. The molecule has 124 valence electrons. The molecular formula is C20H23N3O. The molecule has 0 spiro atoms. The summed E-state index contributed by atoms with van der Waals surface area (Å²) in [5.41, 5.74) is 4.81. The standard InChI is InChI=1S/C20H23N3O/c24-20(23-10-8-21-9-11-23)17-6-7-18-14-22(15-19(18)12-17)13-16-4-2-1-3-5-16/h1-7,12,21H,8-11,13-15H2. The first-order valence-electron chi connectivity index (χ1n) is 8.68. The summed E-state index contributed by atoms with van der Waals surface area (Å²) in [6.07, 6.45) is 0. The van der Waals surface area contributed by atoms with Gasteiger partial charge in [-0.3, -0.25) is 9.69 Å². The number of hydrogen-bond acceptors (Lipinski definition) is 3. The number of rotatable bonds is 3. The van der Waals surface area contributed by atoms with Crippen LogP contribution < -0.4 is 5.32 Å². The Hall–Kier alpha value is -2.17. The maximum atomic E-state index is 12.7. The molecule has 2 aromatic carbocycles. The van der Waals surface area contributed by atoms with Gasteiger partial charge in [-0.2, -0.15) is 0 Å². The first-order chi connectivity index (χ1) is 11.8. The fourth-order valence-electron chi connectivity index (χ4n) is 3.60. The molecule has 2 aromatic rings. The van der Waals surface area contributed by atoms with Crippen molar-refractivity contribution in [2.75, 3.05) is 26.2 Å². The number of hydrogen-bond donors (Lipinski definition) is 1. The van der Waals surface area contributed by atoms with Gasteiger partial charge in [0.25, 0.3) is 5.91 Å². The number of nitrogens with one attached hydrogen (secondary N) is 1. The van der Waals surface area contributed by atoms with E-state index in [2.05, 4.69) is 52.7 Å². The Morgan fingerprint density at radius 2 is 1.71 bits per heavy atom. The van der Waals surface area contributed by atoms with Gasteiger partial charge >= 0.3 is 0 Å². The first-order valence-corrected chi connectivity index (χ1v) is 8.68. The zero-order valence-electron chi connectivity index (χ0n) is 13.9. The molecule has 0 bridgehead atoms. The van der Waals surface area contributed by atoms with Crippen LogP contribution in [0.25, 0.3) is 0 Å². The van der Waals surface area contributed by atoms with Gasteiger partial charge in [0.05, 0.1) is 0 Å². The number of amides is 1. The number of carbonyl (C=O) groups excluding carboxylic acids is 1. The van der Waals surface area contributed by atoms with Crippen molar-refractivity contribution < 1.29 is 4.79 Å². The molecule has 2 heterocycles. The maximum absolute atomic E-state index is 12.7. The Labute approximate surface area is 143 Å². The topological polar surface area (TPSA) is 35.6 Å². The van der Waals surface area contributed by atoms with Crippen molar-refractivity contribution in [3.63, 3.8) is 0 Å². The number of piperazine rings is 1. The Bertz CT molecular complexity index is 723. The zero-order valence-corrected chi connectivity index (χ0v) is 13.9. The Balaban J connectivity index is 1.46. The molecule has 0 aliphatic carbocycles. The van der Waals surface area contributed by atoms with Crippen LogP contribution in [0.3, 0.4) is 0 Å². The second-order valence-corrected chi connectivity index (χ2v) is 6.66. The van der Waals surface area contributed by atoms with Gasteiger partial charge < -0.3 is 10.2 Å². The Morgan fingerprint density at radius 1 is 0.958 bits per heavy atom. The summed E-state index contributed by atoms with van der Waals surface area (Å²) >= 11 is 0. The molecule has 4 rings (SSSR count). The summed E-state index contributed by atoms with van der Waals surface area (Å²) in [4.78, 5) is 17.0.